The number of ether oxygens (including phenoxy) is 1. The lowest BCUT2D eigenvalue weighted by molar-refractivity contribution is -0.121. The Hall–Kier alpha value is -1.97. The summed E-state index contributed by atoms with van der Waals surface area (Å²) in [6.07, 6.45) is 3.61. The third-order valence-electron chi connectivity index (χ3n) is 3.38. The fourth-order valence-corrected chi connectivity index (χ4v) is 3.84. The molecular weight excluding hydrogens is 362 g/mol. The first-order valence-electron chi connectivity index (χ1n) is 7.78. The van der Waals surface area contributed by atoms with E-state index in [0.29, 0.717) is 24.7 Å². The van der Waals surface area contributed by atoms with E-state index >= 15 is 0 Å². The molecule has 0 unspecified atom stereocenters. The molecule has 1 amide bonds. The molecule has 7 nitrogen and oxygen atoms in total. The van der Waals surface area contributed by atoms with Crippen LogP contribution < -0.4 is 10.0 Å². The van der Waals surface area contributed by atoms with Gasteiger partial charge in [0.2, 0.25) is 5.91 Å². The molecule has 25 heavy (non-hydrogen) atoms. The van der Waals surface area contributed by atoms with Crippen molar-refractivity contribution in [3.05, 3.63) is 41.4 Å². The van der Waals surface area contributed by atoms with Crippen molar-refractivity contribution in [3.8, 4) is 0 Å². The number of unbranched alkanes of at least 4 members (excludes halogenated alkanes) is 1. The van der Waals surface area contributed by atoms with Gasteiger partial charge in [0.1, 0.15) is 0 Å². The van der Waals surface area contributed by atoms with Crippen LogP contribution in [0.4, 0.5) is 5.13 Å². The molecule has 0 bridgehead atoms. The minimum atomic E-state index is -3.65. The molecule has 1 heterocycles. The molecule has 9 heteroatoms. The van der Waals surface area contributed by atoms with E-state index in [0.717, 1.165) is 18.4 Å². The second-order valence-corrected chi connectivity index (χ2v) is 7.89. The van der Waals surface area contributed by atoms with Crippen molar-refractivity contribution in [2.75, 3.05) is 18.4 Å². The number of benzene rings is 1. The highest BCUT2D eigenvalue weighted by molar-refractivity contribution is 7.93. The zero-order chi connectivity index (χ0) is 18.1. The van der Waals surface area contributed by atoms with Gasteiger partial charge in [-0.25, -0.2) is 13.4 Å². The first kappa shape index (κ1) is 19.4. The smallest absolute Gasteiger partial charge is 0.263 e. The van der Waals surface area contributed by atoms with Crippen molar-refractivity contribution in [3.63, 3.8) is 0 Å². The fraction of sp³-hybridized carbons (Fsp3) is 0.375. The number of rotatable bonds is 10. The maximum absolute atomic E-state index is 12.2. The van der Waals surface area contributed by atoms with E-state index in [-0.39, 0.29) is 10.8 Å². The summed E-state index contributed by atoms with van der Waals surface area (Å²) in [5.74, 6) is -0.0294. The number of anilines is 1. The lowest BCUT2D eigenvalue weighted by Gasteiger charge is -2.08. The molecule has 0 spiro atoms. The van der Waals surface area contributed by atoms with Gasteiger partial charge in [0.05, 0.1) is 4.90 Å². The summed E-state index contributed by atoms with van der Waals surface area (Å²) in [5.41, 5.74) is 0.832. The zero-order valence-corrected chi connectivity index (χ0v) is 15.5. The Bertz CT molecular complexity index is 759. The van der Waals surface area contributed by atoms with Gasteiger partial charge < -0.3 is 10.1 Å². The van der Waals surface area contributed by atoms with Crippen LogP contribution in [0.3, 0.4) is 0 Å². The van der Waals surface area contributed by atoms with Gasteiger partial charge in [-0.3, -0.25) is 9.52 Å². The number of hydrogen-bond acceptors (Lipinski definition) is 6. The number of thiazole rings is 1. The first-order valence-corrected chi connectivity index (χ1v) is 10.1. The van der Waals surface area contributed by atoms with Crippen molar-refractivity contribution < 1.29 is 17.9 Å². The number of sulfonamides is 1. The molecule has 0 radical (unpaired) electrons. The number of methoxy groups -OCH3 is 1. The summed E-state index contributed by atoms with van der Waals surface area (Å²) in [6, 6.07) is 6.38. The van der Waals surface area contributed by atoms with Gasteiger partial charge in [-0.1, -0.05) is 12.1 Å². The van der Waals surface area contributed by atoms with Crippen molar-refractivity contribution in [2.24, 2.45) is 0 Å². The molecule has 0 saturated carbocycles. The predicted octanol–water partition coefficient (Wildman–Crippen LogP) is 2.38. The van der Waals surface area contributed by atoms with Crippen molar-refractivity contribution in [1.82, 2.24) is 10.3 Å². The Morgan fingerprint density at radius 2 is 2.00 bits per heavy atom. The van der Waals surface area contributed by atoms with Gasteiger partial charge in [-0.05, 0) is 30.5 Å². The van der Waals surface area contributed by atoms with Crippen LogP contribution in [0.5, 0.6) is 0 Å². The highest BCUT2D eigenvalue weighted by Gasteiger charge is 2.15. The van der Waals surface area contributed by atoms with Crippen LogP contribution in [-0.2, 0) is 26.1 Å². The Kier molecular flexibility index (Phi) is 7.35. The van der Waals surface area contributed by atoms with E-state index in [4.69, 9.17) is 4.74 Å². The maximum atomic E-state index is 12.2. The normalized spacial score (nSPS) is 11.2. The Labute approximate surface area is 151 Å². The Morgan fingerprint density at radius 3 is 2.64 bits per heavy atom. The molecule has 2 aromatic rings. The second kappa shape index (κ2) is 9.50. The number of nitrogens with zero attached hydrogens (tertiary/aromatic N) is 1. The van der Waals surface area contributed by atoms with Crippen molar-refractivity contribution >= 4 is 32.4 Å². The quantitative estimate of drug-likeness (QED) is 0.614. The number of aromatic nitrogens is 1. The Morgan fingerprint density at radius 1 is 1.24 bits per heavy atom. The largest absolute Gasteiger partial charge is 0.385 e. The van der Waals surface area contributed by atoms with Crippen LogP contribution in [0.1, 0.15) is 24.8 Å². The number of carbonyl (C=O) groups is 1. The van der Waals surface area contributed by atoms with E-state index < -0.39 is 10.0 Å². The summed E-state index contributed by atoms with van der Waals surface area (Å²) in [5, 5.41) is 4.83. The van der Waals surface area contributed by atoms with Crippen LogP contribution in [0.15, 0.2) is 40.7 Å². The van der Waals surface area contributed by atoms with E-state index in [9.17, 15) is 13.2 Å². The summed E-state index contributed by atoms with van der Waals surface area (Å²) < 4.78 is 31.8. The maximum Gasteiger partial charge on any atom is 0.263 e. The minimum Gasteiger partial charge on any atom is -0.385 e. The number of amides is 1. The number of hydrogen-bond donors (Lipinski definition) is 2. The van der Waals surface area contributed by atoms with Crippen LogP contribution in [0.25, 0.3) is 0 Å². The van der Waals surface area contributed by atoms with Gasteiger partial charge in [-0.2, -0.15) is 0 Å². The Balaban J connectivity index is 1.84. The molecule has 1 aromatic carbocycles. The highest BCUT2D eigenvalue weighted by atomic mass is 32.2. The predicted molar refractivity (Wildman–Crippen MR) is 96.9 cm³/mol. The van der Waals surface area contributed by atoms with Gasteiger partial charge in [0.15, 0.2) is 5.13 Å². The molecule has 1 aromatic heterocycles. The highest BCUT2D eigenvalue weighted by Crippen LogP contribution is 2.18. The summed E-state index contributed by atoms with van der Waals surface area (Å²) in [7, 11) is -2.01. The number of carbonyl (C=O) groups excluding carboxylic acids is 1. The monoisotopic (exact) mass is 383 g/mol. The van der Waals surface area contributed by atoms with Crippen molar-refractivity contribution in [1.29, 1.82) is 0 Å². The second-order valence-electron chi connectivity index (χ2n) is 5.31. The lowest BCUT2D eigenvalue weighted by Crippen LogP contribution is -2.22. The average Bonchev–Trinajstić information content (AvgIpc) is 3.09. The average molecular weight is 383 g/mol. The van der Waals surface area contributed by atoms with Gasteiger partial charge >= 0.3 is 0 Å². The molecule has 0 atom stereocenters. The minimum absolute atomic E-state index is 0.0294. The van der Waals surface area contributed by atoms with Gasteiger partial charge in [0, 0.05) is 38.3 Å². The summed E-state index contributed by atoms with van der Waals surface area (Å²) in [4.78, 5) is 15.8. The van der Waals surface area contributed by atoms with Crippen LogP contribution in [0.2, 0.25) is 0 Å². The van der Waals surface area contributed by atoms with Crippen LogP contribution in [0, 0.1) is 0 Å². The lowest BCUT2D eigenvalue weighted by atomic mass is 10.2. The molecule has 2 N–H and O–H groups in total. The SMILES string of the molecule is COCCCCC(=O)NCc1ccc(S(=O)(=O)Nc2nccs2)cc1. The molecule has 0 saturated heterocycles. The summed E-state index contributed by atoms with van der Waals surface area (Å²) in [6.45, 7) is 1.02. The third kappa shape index (κ3) is 6.45. The topological polar surface area (TPSA) is 97.4 Å². The molecule has 0 aliphatic carbocycles. The molecule has 2 rings (SSSR count). The molecule has 0 aliphatic rings. The van der Waals surface area contributed by atoms with Gasteiger partial charge in [-0.15, -0.1) is 11.3 Å². The molecular formula is C16H21N3O4S2. The molecule has 136 valence electrons. The first-order chi connectivity index (χ1) is 12.0. The molecule has 0 aliphatic heterocycles. The van der Waals surface area contributed by atoms with Crippen molar-refractivity contribution in [2.45, 2.75) is 30.7 Å². The van der Waals surface area contributed by atoms with Crippen LogP contribution in [-0.4, -0.2) is 33.0 Å². The summed E-state index contributed by atoms with van der Waals surface area (Å²) >= 11 is 1.21. The third-order valence-corrected chi connectivity index (χ3v) is 5.55. The van der Waals surface area contributed by atoms with E-state index in [2.05, 4.69) is 15.0 Å². The standard InChI is InChI=1S/C16H21N3O4S2/c1-23-10-3-2-4-15(20)18-12-13-5-7-14(8-6-13)25(21,22)19-16-17-9-11-24-16/h5-9,11H,2-4,10,12H2,1H3,(H,17,19)(H,18,20). The fourth-order valence-electron chi connectivity index (χ4n) is 2.06. The van der Waals surface area contributed by atoms with Gasteiger partial charge in [0.25, 0.3) is 10.0 Å². The van der Waals surface area contributed by atoms with E-state index in [1.165, 1.54) is 29.7 Å². The van der Waals surface area contributed by atoms with E-state index in [1.807, 2.05) is 0 Å². The number of nitrogens with one attached hydrogen (secondary N) is 2. The molecule has 0 fully saturated rings. The van der Waals surface area contributed by atoms with Crippen LogP contribution >= 0.6 is 11.3 Å². The zero-order valence-electron chi connectivity index (χ0n) is 13.9. The van der Waals surface area contributed by atoms with E-state index in [1.54, 1.807) is 24.6 Å².